The molecule has 0 radical (unpaired) electrons. The van der Waals surface area contributed by atoms with Gasteiger partial charge in [-0.05, 0) is 12.8 Å². The predicted molar refractivity (Wildman–Crippen MR) is 63.3 cm³/mol. The summed E-state index contributed by atoms with van der Waals surface area (Å²) in [6, 6.07) is 1.19. The molecule has 1 N–H and O–H groups in total. The second kappa shape index (κ2) is 5.70. The Hall–Kier alpha value is -2.42. The third-order valence-electron chi connectivity index (χ3n) is 2.59. The zero-order valence-corrected chi connectivity index (χ0v) is 10.2. The summed E-state index contributed by atoms with van der Waals surface area (Å²) >= 11 is 0. The first-order valence-electron chi connectivity index (χ1n) is 5.69. The summed E-state index contributed by atoms with van der Waals surface area (Å²) in [5.74, 6) is -2.23. The van der Waals surface area contributed by atoms with Gasteiger partial charge in [-0.2, -0.15) is 4.39 Å². The standard InChI is InChI=1S/C11H10F2N4O3/c12-8-4-9(13)11(17(19)20)5-10(8)16-6-7(14-15-16)2-1-3-18/h4-6,18H,1-3H2. The third kappa shape index (κ3) is 2.77. The van der Waals surface area contributed by atoms with Gasteiger partial charge in [0.15, 0.2) is 5.82 Å². The quantitative estimate of drug-likeness (QED) is 0.661. The van der Waals surface area contributed by atoms with Gasteiger partial charge in [-0.15, -0.1) is 5.10 Å². The summed E-state index contributed by atoms with van der Waals surface area (Å²) in [6.07, 6.45) is 2.27. The van der Waals surface area contributed by atoms with Crippen LogP contribution in [0.5, 0.6) is 0 Å². The Kier molecular flexibility index (Phi) is 3.99. The van der Waals surface area contributed by atoms with Crippen molar-refractivity contribution in [1.29, 1.82) is 0 Å². The fourth-order valence-electron chi connectivity index (χ4n) is 1.63. The molecule has 9 heteroatoms. The average Bonchev–Trinajstić information content (AvgIpc) is 2.84. The lowest BCUT2D eigenvalue weighted by Crippen LogP contribution is -2.02. The maximum atomic E-state index is 13.6. The van der Waals surface area contributed by atoms with Gasteiger partial charge in [0, 0.05) is 18.7 Å². The second-order valence-corrected chi connectivity index (χ2v) is 3.99. The molecule has 7 nitrogen and oxygen atoms in total. The molecule has 0 fully saturated rings. The van der Waals surface area contributed by atoms with E-state index in [0.29, 0.717) is 24.6 Å². The van der Waals surface area contributed by atoms with E-state index in [0.717, 1.165) is 10.7 Å². The van der Waals surface area contributed by atoms with Crippen LogP contribution >= 0.6 is 0 Å². The Balaban J connectivity index is 2.39. The Morgan fingerprint density at radius 2 is 2.10 bits per heavy atom. The summed E-state index contributed by atoms with van der Waals surface area (Å²) in [5, 5.41) is 26.7. The molecule has 0 aliphatic carbocycles. The van der Waals surface area contributed by atoms with Crippen LogP contribution in [0.2, 0.25) is 0 Å². The number of hydrogen-bond donors (Lipinski definition) is 1. The monoisotopic (exact) mass is 284 g/mol. The fraction of sp³-hybridized carbons (Fsp3) is 0.273. The Labute approximate surface area is 111 Å². The summed E-state index contributed by atoms with van der Waals surface area (Å²) in [6.45, 7) is -0.0246. The molecule has 0 saturated carbocycles. The van der Waals surface area contributed by atoms with Crippen molar-refractivity contribution in [2.75, 3.05) is 6.61 Å². The van der Waals surface area contributed by atoms with Gasteiger partial charge in [0.2, 0.25) is 5.82 Å². The molecule has 0 aliphatic rings. The van der Waals surface area contributed by atoms with Crippen LogP contribution in [0.4, 0.5) is 14.5 Å². The summed E-state index contributed by atoms with van der Waals surface area (Å²) < 4.78 is 27.9. The number of nitrogens with zero attached hydrogens (tertiary/aromatic N) is 4. The molecule has 0 atom stereocenters. The fourth-order valence-corrected chi connectivity index (χ4v) is 1.63. The Morgan fingerprint density at radius 1 is 1.35 bits per heavy atom. The van der Waals surface area contributed by atoms with Crippen LogP contribution in [-0.2, 0) is 6.42 Å². The van der Waals surface area contributed by atoms with E-state index in [1.807, 2.05) is 0 Å². The average molecular weight is 284 g/mol. The second-order valence-electron chi connectivity index (χ2n) is 3.99. The molecule has 0 spiro atoms. The largest absolute Gasteiger partial charge is 0.396 e. The van der Waals surface area contributed by atoms with E-state index in [4.69, 9.17) is 5.11 Å². The summed E-state index contributed by atoms with van der Waals surface area (Å²) in [5.41, 5.74) is -0.611. The van der Waals surface area contributed by atoms with E-state index in [2.05, 4.69) is 10.3 Å². The number of halogens is 2. The van der Waals surface area contributed by atoms with E-state index < -0.39 is 22.2 Å². The number of benzene rings is 1. The smallest absolute Gasteiger partial charge is 0.307 e. The molecule has 0 aliphatic heterocycles. The number of nitro benzene ring substituents is 1. The van der Waals surface area contributed by atoms with E-state index in [9.17, 15) is 18.9 Å². The zero-order valence-electron chi connectivity index (χ0n) is 10.2. The number of aliphatic hydroxyl groups is 1. The molecule has 1 heterocycles. The van der Waals surface area contributed by atoms with Gasteiger partial charge in [0.25, 0.3) is 0 Å². The van der Waals surface area contributed by atoms with Crippen molar-refractivity contribution in [2.24, 2.45) is 0 Å². The van der Waals surface area contributed by atoms with Crippen molar-refractivity contribution < 1.29 is 18.8 Å². The first-order chi connectivity index (χ1) is 9.52. The van der Waals surface area contributed by atoms with Crippen LogP contribution < -0.4 is 0 Å². The Bertz CT molecular complexity index is 645. The van der Waals surface area contributed by atoms with Crippen LogP contribution in [0.1, 0.15) is 12.1 Å². The molecule has 106 valence electrons. The van der Waals surface area contributed by atoms with Crippen molar-refractivity contribution in [1.82, 2.24) is 15.0 Å². The van der Waals surface area contributed by atoms with Crippen LogP contribution in [0.3, 0.4) is 0 Å². The molecule has 0 saturated heterocycles. The van der Waals surface area contributed by atoms with Crippen molar-refractivity contribution in [3.63, 3.8) is 0 Å². The molecule has 1 aromatic carbocycles. The maximum absolute atomic E-state index is 13.6. The van der Waals surface area contributed by atoms with Crippen molar-refractivity contribution in [3.8, 4) is 5.69 Å². The Morgan fingerprint density at radius 3 is 2.75 bits per heavy atom. The van der Waals surface area contributed by atoms with Crippen molar-refractivity contribution in [3.05, 3.63) is 45.8 Å². The normalized spacial score (nSPS) is 10.8. The van der Waals surface area contributed by atoms with Gasteiger partial charge in [-0.25, -0.2) is 9.07 Å². The van der Waals surface area contributed by atoms with Gasteiger partial charge in [0.1, 0.15) is 5.69 Å². The van der Waals surface area contributed by atoms with Gasteiger partial charge >= 0.3 is 5.69 Å². The van der Waals surface area contributed by atoms with Crippen molar-refractivity contribution in [2.45, 2.75) is 12.8 Å². The molecular formula is C11H10F2N4O3. The molecule has 20 heavy (non-hydrogen) atoms. The van der Waals surface area contributed by atoms with E-state index in [1.54, 1.807) is 0 Å². The molecule has 0 amide bonds. The van der Waals surface area contributed by atoms with E-state index in [-0.39, 0.29) is 12.3 Å². The first-order valence-corrected chi connectivity index (χ1v) is 5.69. The number of aromatic nitrogens is 3. The molecule has 1 aromatic heterocycles. The molecule has 0 unspecified atom stereocenters. The highest BCUT2D eigenvalue weighted by atomic mass is 19.1. The van der Waals surface area contributed by atoms with E-state index in [1.165, 1.54) is 6.20 Å². The molecule has 0 bridgehead atoms. The number of rotatable bonds is 5. The van der Waals surface area contributed by atoms with Crippen LogP contribution in [0.25, 0.3) is 5.69 Å². The number of aryl methyl sites for hydroxylation is 1. The minimum absolute atomic E-state index is 0.0246. The highest BCUT2D eigenvalue weighted by Crippen LogP contribution is 2.23. The predicted octanol–water partition coefficient (Wildman–Crippen LogP) is 1.38. The number of nitro groups is 1. The summed E-state index contributed by atoms with van der Waals surface area (Å²) in [7, 11) is 0. The molecule has 2 aromatic rings. The number of hydrogen-bond acceptors (Lipinski definition) is 5. The number of aliphatic hydroxyl groups excluding tert-OH is 1. The van der Waals surface area contributed by atoms with Crippen LogP contribution in [0.15, 0.2) is 18.3 Å². The topological polar surface area (TPSA) is 94.1 Å². The zero-order chi connectivity index (χ0) is 14.7. The third-order valence-corrected chi connectivity index (χ3v) is 2.59. The summed E-state index contributed by atoms with van der Waals surface area (Å²) in [4.78, 5) is 9.69. The molecular weight excluding hydrogens is 274 g/mol. The van der Waals surface area contributed by atoms with Crippen LogP contribution in [0, 0.1) is 21.7 Å². The van der Waals surface area contributed by atoms with Crippen molar-refractivity contribution >= 4 is 5.69 Å². The van der Waals surface area contributed by atoms with Gasteiger partial charge in [-0.3, -0.25) is 10.1 Å². The van der Waals surface area contributed by atoms with Gasteiger partial charge in [0.05, 0.1) is 16.8 Å². The lowest BCUT2D eigenvalue weighted by Gasteiger charge is -2.02. The lowest BCUT2D eigenvalue weighted by atomic mass is 10.2. The van der Waals surface area contributed by atoms with Crippen LogP contribution in [-0.4, -0.2) is 31.6 Å². The van der Waals surface area contributed by atoms with Gasteiger partial charge < -0.3 is 5.11 Å². The maximum Gasteiger partial charge on any atom is 0.307 e. The minimum Gasteiger partial charge on any atom is -0.396 e. The molecule has 2 rings (SSSR count). The highest BCUT2D eigenvalue weighted by molar-refractivity contribution is 5.45. The highest BCUT2D eigenvalue weighted by Gasteiger charge is 2.20. The van der Waals surface area contributed by atoms with Gasteiger partial charge in [-0.1, -0.05) is 5.21 Å². The first kappa shape index (κ1) is 14.0. The van der Waals surface area contributed by atoms with E-state index >= 15 is 0 Å². The minimum atomic E-state index is -1.25. The lowest BCUT2D eigenvalue weighted by molar-refractivity contribution is -0.387. The SMILES string of the molecule is O=[N+]([O-])c1cc(-n2cc(CCCO)nn2)c(F)cc1F.